The minimum absolute atomic E-state index is 0.0286. The number of aromatic nitrogens is 2. The van der Waals surface area contributed by atoms with Crippen molar-refractivity contribution in [3.8, 4) is 0 Å². The molecule has 2 aromatic rings. The first-order chi connectivity index (χ1) is 9.45. The van der Waals surface area contributed by atoms with Gasteiger partial charge in [0, 0.05) is 15.5 Å². The van der Waals surface area contributed by atoms with Gasteiger partial charge in [-0.1, -0.05) is 33.6 Å². The maximum atomic E-state index is 6.03. The second kappa shape index (κ2) is 6.60. The van der Waals surface area contributed by atoms with Gasteiger partial charge < -0.3 is 5.32 Å². The van der Waals surface area contributed by atoms with Gasteiger partial charge in [-0.2, -0.15) is 5.10 Å². The zero-order valence-corrected chi connectivity index (χ0v) is 15.4. The number of rotatable bonds is 4. The van der Waals surface area contributed by atoms with E-state index in [2.05, 4.69) is 56.1 Å². The molecule has 1 aromatic carbocycles. The predicted octanol–water partition coefficient (Wildman–Crippen LogP) is 4.95. The van der Waals surface area contributed by atoms with Crippen LogP contribution in [0.5, 0.6) is 0 Å². The summed E-state index contributed by atoms with van der Waals surface area (Å²) >= 11 is 13.2. The van der Waals surface area contributed by atoms with Gasteiger partial charge in [0.15, 0.2) is 0 Å². The molecule has 0 bridgehead atoms. The van der Waals surface area contributed by atoms with Crippen LogP contribution in [0.15, 0.2) is 33.3 Å². The summed E-state index contributed by atoms with van der Waals surface area (Å²) in [6.07, 6.45) is 1.84. The van der Waals surface area contributed by atoms with Gasteiger partial charge >= 0.3 is 0 Å². The summed E-state index contributed by atoms with van der Waals surface area (Å²) in [6, 6.07) is 6.15. The fourth-order valence-electron chi connectivity index (χ4n) is 2.21. The van der Waals surface area contributed by atoms with Crippen molar-refractivity contribution in [2.24, 2.45) is 0 Å². The summed E-state index contributed by atoms with van der Waals surface area (Å²) in [4.78, 5) is 0. The number of nitrogens with zero attached hydrogens (tertiary/aromatic N) is 2. The molecule has 1 N–H and O–H groups in total. The lowest BCUT2D eigenvalue weighted by atomic mass is 10.0. The minimum atomic E-state index is 0.0286. The van der Waals surface area contributed by atoms with Crippen molar-refractivity contribution >= 4 is 43.5 Å². The molecule has 1 aromatic heterocycles. The Bertz CT molecular complexity index is 610. The Morgan fingerprint density at radius 3 is 2.50 bits per heavy atom. The van der Waals surface area contributed by atoms with Crippen molar-refractivity contribution in [3.05, 3.63) is 49.6 Å². The maximum Gasteiger partial charge on any atom is 0.0768 e. The van der Waals surface area contributed by atoms with Crippen molar-refractivity contribution in [1.82, 2.24) is 15.1 Å². The second-order valence-electron chi connectivity index (χ2n) is 4.80. The van der Waals surface area contributed by atoms with Crippen molar-refractivity contribution < 1.29 is 0 Å². The fourth-order valence-corrected chi connectivity index (χ4v) is 3.62. The summed E-state index contributed by atoms with van der Waals surface area (Å²) in [7, 11) is 1.94. The first-order valence-corrected chi connectivity index (χ1v) is 8.27. The van der Waals surface area contributed by atoms with E-state index in [0.29, 0.717) is 11.1 Å². The van der Waals surface area contributed by atoms with E-state index in [1.54, 1.807) is 0 Å². The van der Waals surface area contributed by atoms with Gasteiger partial charge in [0.1, 0.15) is 0 Å². The molecule has 20 heavy (non-hydrogen) atoms. The molecule has 0 amide bonds. The monoisotopic (exact) mass is 419 g/mol. The molecule has 1 heterocycles. The van der Waals surface area contributed by atoms with Crippen LogP contribution in [0.3, 0.4) is 0 Å². The molecule has 2 rings (SSSR count). The smallest absolute Gasteiger partial charge is 0.0768 e. The largest absolute Gasteiger partial charge is 0.308 e. The molecule has 0 spiro atoms. The third-order valence-electron chi connectivity index (χ3n) is 3.11. The average molecular weight is 422 g/mol. The molecule has 1 unspecified atom stereocenters. The third kappa shape index (κ3) is 3.11. The first-order valence-electron chi connectivity index (χ1n) is 6.30. The quantitative estimate of drug-likeness (QED) is 0.757. The molecular weight excluding hydrogens is 405 g/mol. The van der Waals surface area contributed by atoms with Gasteiger partial charge in [-0.3, -0.25) is 4.68 Å². The number of benzene rings is 1. The van der Waals surface area contributed by atoms with Crippen molar-refractivity contribution in [2.45, 2.75) is 25.9 Å². The summed E-state index contributed by atoms with van der Waals surface area (Å²) in [5.41, 5.74) is 2.23. The van der Waals surface area contributed by atoms with Gasteiger partial charge in [0.25, 0.3) is 0 Å². The van der Waals surface area contributed by atoms with Crippen LogP contribution in [0.1, 0.15) is 37.2 Å². The molecule has 0 saturated heterocycles. The summed E-state index contributed by atoms with van der Waals surface area (Å²) in [5, 5.41) is 8.51. The van der Waals surface area contributed by atoms with Crippen LogP contribution < -0.4 is 5.32 Å². The van der Waals surface area contributed by atoms with Crippen LogP contribution in [0, 0.1) is 0 Å². The lowest BCUT2D eigenvalue weighted by molar-refractivity contribution is 0.483. The number of hydrogen-bond acceptors (Lipinski definition) is 2. The lowest BCUT2D eigenvalue weighted by Gasteiger charge is -2.22. The van der Waals surface area contributed by atoms with E-state index in [-0.39, 0.29) is 6.04 Å². The SMILES string of the molecule is CNC(c1ccc(Cl)cc1Br)c1c(Br)cnn1C(C)C. The Morgan fingerprint density at radius 1 is 1.25 bits per heavy atom. The average Bonchev–Trinajstić information content (AvgIpc) is 2.75. The van der Waals surface area contributed by atoms with E-state index < -0.39 is 0 Å². The van der Waals surface area contributed by atoms with Crippen LogP contribution in [0.2, 0.25) is 5.02 Å². The van der Waals surface area contributed by atoms with E-state index in [1.165, 1.54) is 0 Å². The van der Waals surface area contributed by atoms with Crippen molar-refractivity contribution in [3.63, 3.8) is 0 Å². The number of halogens is 3. The highest BCUT2D eigenvalue weighted by Crippen LogP contribution is 2.34. The predicted molar refractivity (Wildman–Crippen MR) is 90.4 cm³/mol. The van der Waals surface area contributed by atoms with Crippen LogP contribution in [0.25, 0.3) is 0 Å². The van der Waals surface area contributed by atoms with E-state index in [9.17, 15) is 0 Å². The van der Waals surface area contributed by atoms with Crippen molar-refractivity contribution in [2.75, 3.05) is 7.05 Å². The molecule has 0 aliphatic carbocycles. The molecule has 1 atom stereocenters. The van der Waals surface area contributed by atoms with Crippen LogP contribution in [-0.4, -0.2) is 16.8 Å². The molecule has 108 valence electrons. The highest BCUT2D eigenvalue weighted by molar-refractivity contribution is 9.10. The Labute approximate surface area is 141 Å². The van der Waals surface area contributed by atoms with E-state index in [1.807, 2.05) is 36.1 Å². The molecule has 0 aliphatic heterocycles. The number of hydrogen-bond donors (Lipinski definition) is 1. The van der Waals surface area contributed by atoms with E-state index in [0.717, 1.165) is 20.2 Å². The first kappa shape index (κ1) is 16.0. The summed E-state index contributed by atoms with van der Waals surface area (Å²) in [6.45, 7) is 4.24. The molecule has 0 radical (unpaired) electrons. The zero-order valence-electron chi connectivity index (χ0n) is 11.5. The Kier molecular flexibility index (Phi) is 5.29. The van der Waals surface area contributed by atoms with Gasteiger partial charge in [-0.15, -0.1) is 0 Å². The molecule has 0 fully saturated rings. The van der Waals surface area contributed by atoms with Gasteiger partial charge in [-0.05, 0) is 54.5 Å². The molecular formula is C14H16Br2ClN3. The van der Waals surface area contributed by atoms with Gasteiger partial charge in [-0.25, -0.2) is 0 Å². The van der Waals surface area contributed by atoms with E-state index in [4.69, 9.17) is 11.6 Å². The van der Waals surface area contributed by atoms with Crippen LogP contribution >= 0.6 is 43.5 Å². The molecule has 6 heteroatoms. The Balaban J connectivity index is 2.55. The Morgan fingerprint density at radius 2 is 1.95 bits per heavy atom. The van der Waals surface area contributed by atoms with E-state index >= 15 is 0 Å². The van der Waals surface area contributed by atoms with Crippen molar-refractivity contribution in [1.29, 1.82) is 0 Å². The topological polar surface area (TPSA) is 29.9 Å². The summed E-state index contributed by atoms with van der Waals surface area (Å²) < 4.78 is 3.99. The highest BCUT2D eigenvalue weighted by Gasteiger charge is 2.23. The standard InChI is InChI=1S/C14H16Br2ClN3/c1-8(2)20-14(12(16)7-19-20)13(18-3)10-5-4-9(17)6-11(10)15/h4-8,13,18H,1-3H3. The molecule has 0 aliphatic rings. The minimum Gasteiger partial charge on any atom is -0.308 e. The van der Waals surface area contributed by atoms with Crippen LogP contribution in [0.4, 0.5) is 0 Å². The maximum absolute atomic E-state index is 6.03. The Hall–Kier alpha value is -0.360. The van der Waals surface area contributed by atoms with Crippen LogP contribution in [-0.2, 0) is 0 Å². The fraction of sp³-hybridized carbons (Fsp3) is 0.357. The second-order valence-corrected chi connectivity index (χ2v) is 6.95. The lowest BCUT2D eigenvalue weighted by Crippen LogP contribution is -2.23. The normalized spacial score (nSPS) is 12.9. The summed E-state index contributed by atoms with van der Waals surface area (Å²) in [5.74, 6) is 0. The van der Waals surface area contributed by atoms with Gasteiger partial charge in [0.2, 0.25) is 0 Å². The zero-order chi connectivity index (χ0) is 14.9. The van der Waals surface area contributed by atoms with Gasteiger partial charge in [0.05, 0.1) is 22.4 Å². The number of nitrogens with one attached hydrogen (secondary N) is 1. The molecule has 0 saturated carbocycles. The highest BCUT2D eigenvalue weighted by atomic mass is 79.9. The third-order valence-corrected chi connectivity index (χ3v) is 4.64. The molecule has 3 nitrogen and oxygen atoms in total.